The van der Waals surface area contributed by atoms with Crippen molar-refractivity contribution in [1.29, 1.82) is 0 Å². The zero-order chi connectivity index (χ0) is 14.0. The Morgan fingerprint density at radius 2 is 1.79 bits per heavy atom. The molecule has 2 aromatic carbocycles. The van der Waals surface area contributed by atoms with Gasteiger partial charge in [-0.15, -0.1) is 0 Å². The minimum Gasteiger partial charge on any atom is -0.496 e. The van der Waals surface area contributed by atoms with E-state index in [0.29, 0.717) is 0 Å². The molecular formula is C16H18ClNO. The Labute approximate surface area is 119 Å². The first-order valence-corrected chi connectivity index (χ1v) is 6.56. The molecule has 1 unspecified atom stereocenters. The number of nitrogens with two attached hydrogens (primary N) is 1. The zero-order valence-electron chi connectivity index (χ0n) is 11.4. The van der Waals surface area contributed by atoms with Crippen molar-refractivity contribution in [3.63, 3.8) is 0 Å². The quantitative estimate of drug-likeness (QED) is 0.918. The summed E-state index contributed by atoms with van der Waals surface area (Å²) in [6, 6.07) is 11.7. The highest BCUT2D eigenvalue weighted by molar-refractivity contribution is 6.30. The third-order valence-electron chi connectivity index (χ3n) is 3.20. The molecule has 2 N–H and O–H groups in total. The van der Waals surface area contributed by atoms with Gasteiger partial charge in [0.05, 0.1) is 13.2 Å². The number of ether oxygens (including phenoxy) is 1. The van der Waals surface area contributed by atoms with Crippen LogP contribution in [0.1, 0.15) is 28.3 Å². The minimum absolute atomic E-state index is 0.179. The number of rotatable bonds is 3. The SMILES string of the molecule is COc1ccc(C(N)c2cc(C)cc(Cl)c2)cc1C. The molecule has 0 aliphatic carbocycles. The Hall–Kier alpha value is -1.51. The molecule has 2 rings (SSSR count). The predicted octanol–water partition coefficient (Wildman–Crippen LogP) is 4.01. The monoisotopic (exact) mass is 275 g/mol. The molecule has 0 saturated heterocycles. The third-order valence-corrected chi connectivity index (χ3v) is 3.42. The fraction of sp³-hybridized carbons (Fsp3) is 0.250. The van der Waals surface area contributed by atoms with Crippen LogP contribution in [0, 0.1) is 13.8 Å². The molecule has 0 amide bonds. The smallest absolute Gasteiger partial charge is 0.121 e. The first-order valence-electron chi connectivity index (χ1n) is 6.18. The summed E-state index contributed by atoms with van der Waals surface area (Å²) in [6.07, 6.45) is 0. The van der Waals surface area contributed by atoms with E-state index in [2.05, 4.69) is 12.1 Å². The topological polar surface area (TPSA) is 35.2 Å². The van der Waals surface area contributed by atoms with Crippen molar-refractivity contribution in [1.82, 2.24) is 0 Å². The minimum atomic E-state index is -0.179. The van der Waals surface area contributed by atoms with Crippen molar-refractivity contribution in [3.8, 4) is 5.75 Å². The van der Waals surface area contributed by atoms with Gasteiger partial charge in [0.25, 0.3) is 0 Å². The molecule has 0 aliphatic rings. The van der Waals surface area contributed by atoms with E-state index in [-0.39, 0.29) is 6.04 Å². The molecule has 1 atom stereocenters. The van der Waals surface area contributed by atoms with Crippen molar-refractivity contribution >= 4 is 11.6 Å². The van der Waals surface area contributed by atoms with Crippen molar-refractivity contribution in [2.24, 2.45) is 5.73 Å². The van der Waals surface area contributed by atoms with Crippen molar-refractivity contribution in [2.45, 2.75) is 19.9 Å². The molecule has 0 saturated carbocycles. The first kappa shape index (κ1) is 13.9. The van der Waals surface area contributed by atoms with E-state index in [1.807, 2.05) is 38.1 Å². The van der Waals surface area contributed by atoms with Gasteiger partial charge < -0.3 is 10.5 Å². The zero-order valence-corrected chi connectivity index (χ0v) is 12.2. The van der Waals surface area contributed by atoms with Gasteiger partial charge in [-0.05, 0) is 54.3 Å². The van der Waals surface area contributed by atoms with E-state index in [4.69, 9.17) is 22.1 Å². The molecule has 0 spiro atoms. The van der Waals surface area contributed by atoms with Crippen LogP contribution in [0.4, 0.5) is 0 Å². The Morgan fingerprint density at radius 3 is 2.37 bits per heavy atom. The van der Waals surface area contributed by atoms with Gasteiger partial charge in [-0.25, -0.2) is 0 Å². The number of aryl methyl sites for hydroxylation is 2. The number of benzene rings is 2. The number of halogens is 1. The molecule has 3 heteroatoms. The first-order chi connectivity index (χ1) is 9.01. The second-order valence-electron chi connectivity index (χ2n) is 4.77. The Balaban J connectivity index is 2.38. The summed E-state index contributed by atoms with van der Waals surface area (Å²) in [5.41, 5.74) is 10.6. The van der Waals surface area contributed by atoms with Gasteiger partial charge in [0.15, 0.2) is 0 Å². The number of hydrogen-bond acceptors (Lipinski definition) is 2. The fourth-order valence-corrected chi connectivity index (χ4v) is 2.53. The van der Waals surface area contributed by atoms with Gasteiger partial charge in [0, 0.05) is 5.02 Å². The predicted molar refractivity (Wildman–Crippen MR) is 80.0 cm³/mol. The largest absolute Gasteiger partial charge is 0.496 e. The summed E-state index contributed by atoms with van der Waals surface area (Å²) in [7, 11) is 1.67. The summed E-state index contributed by atoms with van der Waals surface area (Å²) in [5.74, 6) is 0.873. The molecule has 0 bridgehead atoms. The lowest BCUT2D eigenvalue weighted by atomic mass is 9.97. The number of hydrogen-bond donors (Lipinski definition) is 1. The summed E-state index contributed by atoms with van der Waals surface area (Å²) in [5, 5.41) is 0.718. The van der Waals surface area contributed by atoms with Gasteiger partial charge in [0.1, 0.15) is 5.75 Å². The van der Waals surface area contributed by atoms with Crippen molar-refractivity contribution in [2.75, 3.05) is 7.11 Å². The summed E-state index contributed by atoms with van der Waals surface area (Å²) in [6.45, 7) is 4.03. The highest BCUT2D eigenvalue weighted by Crippen LogP contribution is 2.27. The van der Waals surface area contributed by atoms with Crippen LogP contribution in [-0.2, 0) is 0 Å². The molecule has 0 aromatic heterocycles. The van der Waals surface area contributed by atoms with Crippen LogP contribution in [0.2, 0.25) is 5.02 Å². The highest BCUT2D eigenvalue weighted by atomic mass is 35.5. The van der Waals surface area contributed by atoms with Gasteiger partial charge in [0.2, 0.25) is 0 Å². The number of methoxy groups -OCH3 is 1. The molecule has 0 heterocycles. The Morgan fingerprint density at radius 1 is 1.05 bits per heavy atom. The average molecular weight is 276 g/mol. The molecular weight excluding hydrogens is 258 g/mol. The molecule has 19 heavy (non-hydrogen) atoms. The Bertz CT molecular complexity index is 575. The standard InChI is InChI=1S/C16H18ClNO/c1-10-6-13(9-14(17)7-10)16(18)12-4-5-15(19-3)11(2)8-12/h4-9,16H,18H2,1-3H3. The molecule has 0 aliphatic heterocycles. The normalized spacial score (nSPS) is 12.3. The average Bonchev–Trinajstić information content (AvgIpc) is 2.36. The van der Waals surface area contributed by atoms with Gasteiger partial charge in [-0.1, -0.05) is 29.8 Å². The van der Waals surface area contributed by atoms with E-state index in [1.165, 1.54) is 0 Å². The summed E-state index contributed by atoms with van der Waals surface area (Å²) in [4.78, 5) is 0. The van der Waals surface area contributed by atoms with E-state index in [1.54, 1.807) is 7.11 Å². The highest BCUT2D eigenvalue weighted by Gasteiger charge is 2.11. The van der Waals surface area contributed by atoms with Gasteiger partial charge in [-0.2, -0.15) is 0 Å². The lowest BCUT2D eigenvalue weighted by Gasteiger charge is -2.15. The lowest BCUT2D eigenvalue weighted by Crippen LogP contribution is -2.12. The second-order valence-corrected chi connectivity index (χ2v) is 5.21. The van der Waals surface area contributed by atoms with Crippen LogP contribution >= 0.6 is 11.6 Å². The van der Waals surface area contributed by atoms with Crippen molar-refractivity contribution in [3.05, 3.63) is 63.7 Å². The van der Waals surface area contributed by atoms with Crippen LogP contribution in [0.5, 0.6) is 5.75 Å². The van der Waals surface area contributed by atoms with Crippen LogP contribution in [-0.4, -0.2) is 7.11 Å². The summed E-state index contributed by atoms with van der Waals surface area (Å²) < 4.78 is 5.26. The van der Waals surface area contributed by atoms with Gasteiger partial charge in [-0.3, -0.25) is 0 Å². The third kappa shape index (κ3) is 3.09. The molecule has 0 radical (unpaired) electrons. The molecule has 0 fully saturated rings. The van der Waals surface area contributed by atoms with Crippen LogP contribution in [0.25, 0.3) is 0 Å². The van der Waals surface area contributed by atoms with Crippen LogP contribution < -0.4 is 10.5 Å². The van der Waals surface area contributed by atoms with E-state index in [9.17, 15) is 0 Å². The fourth-order valence-electron chi connectivity index (χ4n) is 2.23. The van der Waals surface area contributed by atoms with E-state index < -0.39 is 0 Å². The maximum atomic E-state index is 6.32. The van der Waals surface area contributed by atoms with Crippen LogP contribution in [0.3, 0.4) is 0 Å². The molecule has 2 aromatic rings. The van der Waals surface area contributed by atoms with Crippen molar-refractivity contribution < 1.29 is 4.74 Å². The van der Waals surface area contributed by atoms with Gasteiger partial charge >= 0.3 is 0 Å². The van der Waals surface area contributed by atoms with E-state index >= 15 is 0 Å². The van der Waals surface area contributed by atoms with E-state index in [0.717, 1.165) is 33.0 Å². The Kier molecular flexibility index (Phi) is 4.13. The second kappa shape index (κ2) is 5.64. The summed E-state index contributed by atoms with van der Waals surface area (Å²) >= 11 is 6.09. The lowest BCUT2D eigenvalue weighted by molar-refractivity contribution is 0.411. The maximum absolute atomic E-state index is 6.32. The maximum Gasteiger partial charge on any atom is 0.121 e. The molecule has 2 nitrogen and oxygen atoms in total. The molecule has 100 valence electrons. The van der Waals surface area contributed by atoms with Crippen LogP contribution in [0.15, 0.2) is 36.4 Å².